The first kappa shape index (κ1) is 23.2. The van der Waals surface area contributed by atoms with Gasteiger partial charge in [0.1, 0.15) is 30.4 Å². The number of carbonyl (C=O) groups is 3. The largest absolute Gasteiger partial charge is 0.488 e. The average molecular weight is 524 g/mol. The maximum absolute atomic E-state index is 13.7. The third-order valence-electron chi connectivity index (χ3n) is 4.92. The van der Waals surface area contributed by atoms with Crippen LogP contribution in [0.2, 0.25) is 0 Å². The van der Waals surface area contributed by atoms with Gasteiger partial charge in [0.25, 0.3) is 5.91 Å². The van der Waals surface area contributed by atoms with Crippen molar-refractivity contribution in [3.8, 4) is 5.75 Å². The number of benzene rings is 3. The number of anilines is 1. The van der Waals surface area contributed by atoms with Crippen molar-refractivity contribution in [1.82, 2.24) is 10.2 Å². The molecule has 1 fully saturated rings. The van der Waals surface area contributed by atoms with Crippen molar-refractivity contribution in [3.63, 3.8) is 0 Å². The molecule has 4 rings (SSSR count). The number of hydrogen-bond donors (Lipinski definition) is 2. The summed E-state index contributed by atoms with van der Waals surface area (Å²) in [5.41, 5.74) is 1.66. The van der Waals surface area contributed by atoms with E-state index in [0.29, 0.717) is 22.4 Å². The second-order valence-corrected chi connectivity index (χ2v) is 8.23. The van der Waals surface area contributed by atoms with Gasteiger partial charge in [0.05, 0.1) is 10.2 Å². The summed E-state index contributed by atoms with van der Waals surface area (Å²) in [5.74, 6) is -1.35. The van der Waals surface area contributed by atoms with E-state index in [1.165, 1.54) is 24.3 Å². The zero-order valence-electron chi connectivity index (χ0n) is 17.8. The Balaban J connectivity index is 1.40. The number of amides is 4. The molecule has 172 valence electrons. The van der Waals surface area contributed by atoms with Gasteiger partial charge in [0.15, 0.2) is 0 Å². The highest BCUT2D eigenvalue weighted by Crippen LogP contribution is 2.28. The molecule has 4 amide bonds. The SMILES string of the molecule is O=C(CN1C(=O)N/C(=C/c2ccc(OCc3ccccc3)c(Br)c2)C1=O)Nc1ccccc1F. The van der Waals surface area contributed by atoms with Crippen molar-refractivity contribution in [2.75, 3.05) is 11.9 Å². The van der Waals surface area contributed by atoms with Crippen LogP contribution >= 0.6 is 15.9 Å². The molecule has 9 heteroatoms. The lowest BCUT2D eigenvalue weighted by Gasteiger charge is -2.12. The van der Waals surface area contributed by atoms with Crippen LogP contribution in [0.25, 0.3) is 6.08 Å². The smallest absolute Gasteiger partial charge is 0.329 e. The summed E-state index contributed by atoms with van der Waals surface area (Å²) in [7, 11) is 0. The van der Waals surface area contributed by atoms with Crippen molar-refractivity contribution in [1.29, 1.82) is 0 Å². The average Bonchev–Trinajstić information content (AvgIpc) is 3.08. The van der Waals surface area contributed by atoms with Gasteiger partial charge in [0, 0.05) is 0 Å². The first-order valence-corrected chi connectivity index (χ1v) is 11.1. The molecule has 0 aliphatic carbocycles. The predicted octanol–water partition coefficient (Wildman–Crippen LogP) is 4.70. The highest BCUT2D eigenvalue weighted by atomic mass is 79.9. The number of nitrogens with zero attached hydrogens (tertiary/aromatic N) is 1. The molecular weight excluding hydrogens is 505 g/mol. The Morgan fingerprint density at radius 3 is 2.53 bits per heavy atom. The van der Waals surface area contributed by atoms with Crippen LogP contribution in [0, 0.1) is 5.82 Å². The predicted molar refractivity (Wildman–Crippen MR) is 128 cm³/mol. The van der Waals surface area contributed by atoms with Crippen LogP contribution in [0.4, 0.5) is 14.9 Å². The Morgan fingerprint density at radius 2 is 1.79 bits per heavy atom. The summed E-state index contributed by atoms with van der Waals surface area (Å²) in [6.07, 6.45) is 1.50. The molecule has 0 spiro atoms. The number of para-hydroxylation sites is 1. The van der Waals surface area contributed by atoms with Gasteiger partial charge < -0.3 is 15.4 Å². The van der Waals surface area contributed by atoms with Crippen LogP contribution in [0.1, 0.15) is 11.1 Å². The van der Waals surface area contributed by atoms with E-state index in [0.717, 1.165) is 10.5 Å². The fourth-order valence-corrected chi connectivity index (χ4v) is 3.75. The van der Waals surface area contributed by atoms with Crippen molar-refractivity contribution in [2.45, 2.75) is 6.61 Å². The molecule has 0 aromatic heterocycles. The van der Waals surface area contributed by atoms with Gasteiger partial charge in [-0.15, -0.1) is 0 Å². The summed E-state index contributed by atoms with van der Waals surface area (Å²) in [6.45, 7) is -0.148. The van der Waals surface area contributed by atoms with Crippen molar-refractivity contribution in [3.05, 3.63) is 99.9 Å². The Hall–Kier alpha value is -3.98. The molecule has 1 heterocycles. The fourth-order valence-electron chi connectivity index (χ4n) is 3.24. The maximum Gasteiger partial charge on any atom is 0.329 e. The Morgan fingerprint density at radius 1 is 1.06 bits per heavy atom. The van der Waals surface area contributed by atoms with Gasteiger partial charge in [-0.1, -0.05) is 48.5 Å². The minimum Gasteiger partial charge on any atom is -0.488 e. The van der Waals surface area contributed by atoms with Crippen LogP contribution in [0.5, 0.6) is 5.75 Å². The lowest BCUT2D eigenvalue weighted by atomic mass is 10.2. The summed E-state index contributed by atoms with van der Waals surface area (Å²) in [4.78, 5) is 37.9. The Kier molecular flexibility index (Phi) is 7.03. The first-order chi connectivity index (χ1) is 16.4. The van der Waals surface area contributed by atoms with E-state index >= 15 is 0 Å². The summed E-state index contributed by atoms with van der Waals surface area (Å²) >= 11 is 3.46. The van der Waals surface area contributed by atoms with Gasteiger partial charge in [-0.25, -0.2) is 14.1 Å². The van der Waals surface area contributed by atoms with E-state index in [9.17, 15) is 18.8 Å². The van der Waals surface area contributed by atoms with Crippen LogP contribution < -0.4 is 15.4 Å². The molecular formula is C25H19BrFN3O4. The van der Waals surface area contributed by atoms with E-state index < -0.39 is 30.2 Å². The number of ether oxygens (including phenoxy) is 1. The maximum atomic E-state index is 13.7. The zero-order valence-corrected chi connectivity index (χ0v) is 19.3. The molecule has 7 nitrogen and oxygen atoms in total. The fraction of sp³-hybridized carbons (Fsp3) is 0.0800. The van der Waals surface area contributed by atoms with E-state index in [1.807, 2.05) is 30.3 Å². The summed E-state index contributed by atoms with van der Waals surface area (Å²) in [5, 5.41) is 4.81. The number of hydrogen-bond acceptors (Lipinski definition) is 4. The number of imide groups is 1. The van der Waals surface area contributed by atoms with Crippen molar-refractivity contribution in [2.24, 2.45) is 0 Å². The Bertz CT molecular complexity index is 1280. The van der Waals surface area contributed by atoms with E-state index in [2.05, 4.69) is 26.6 Å². The second kappa shape index (κ2) is 10.3. The molecule has 0 atom stereocenters. The monoisotopic (exact) mass is 523 g/mol. The summed E-state index contributed by atoms with van der Waals surface area (Å²) < 4.78 is 20.2. The molecule has 1 aliphatic heterocycles. The van der Waals surface area contributed by atoms with Crippen LogP contribution in [0.15, 0.2) is 83.0 Å². The van der Waals surface area contributed by atoms with Gasteiger partial charge in [-0.2, -0.15) is 0 Å². The molecule has 3 aromatic rings. The topological polar surface area (TPSA) is 87.7 Å². The lowest BCUT2D eigenvalue weighted by molar-refractivity contribution is -0.127. The molecule has 0 bridgehead atoms. The summed E-state index contributed by atoms with van der Waals surface area (Å²) in [6, 6.07) is 19.9. The normalized spacial score (nSPS) is 14.3. The van der Waals surface area contributed by atoms with Crippen LogP contribution in [0.3, 0.4) is 0 Å². The third kappa shape index (κ3) is 5.49. The number of nitrogens with one attached hydrogen (secondary N) is 2. The van der Waals surface area contributed by atoms with E-state index in [-0.39, 0.29) is 11.4 Å². The van der Waals surface area contributed by atoms with E-state index in [4.69, 9.17) is 4.74 Å². The minimum absolute atomic E-state index is 0.0218. The number of carbonyl (C=O) groups excluding carboxylic acids is 3. The standard InChI is InChI=1S/C25H19BrFN3O4/c26-18-12-17(10-11-22(18)34-15-16-6-2-1-3-7-16)13-21-24(32)30(25(33)29-21)14-23(31)28-20-9-5-4-8-19(20)27/h1-13H,14-15H2,(H,28,31)(H,29,33)/b21-13+. The highest BCUT2D eigenvalue weighted by Gasteiger charge is 2.35. The molecule has 2 N–H and O–H groups in total. The van der Waals surface area contributed by atoms with Crippen LogP contribution in [-0.4, -0.2) is 29.3 Å². The molecule has 34 heavy (non-hydrogen) atoms. The molecule has 0 unspecified atom stereocenters. The quantitative estimate of drug-likeness (QED) is 0.347. The third-order valence-corrected chi connectivity index (χ3v) is 5.54. The van der Waals surface area contributed by atoms with Crippen molar-refractivity contribution >= 4 is 45.5 Å². The lowest BCUT2D eigenvalue weighted by Crippen LogP contribution is -2.38. The number of urea groups is 1. The molecule has 1 aliphatic rings. The van der Waals surface area contributed by atoms with E-state index in [1.54, 1.807) is 24.3 Å². The number of halogens is 2. The van der Waals surface area contributed by atoms with Gasteiger partial charge in [-0.05, 0) is 57.4 Å². The van der Waals surface area contributed by atoms with Crippen molar-refractivity contribution < 1.29 is 23.5 Å². The zero-order chi connectivity index (χ0) is 24.1. The van der Waals surface area contributed by atoms with Gasteiger partial charge in [-0.3, -0.25) is 9.59 Å². The van der Waals surface area contributed by atoms with Gasteiger partial charge >= 0.3 is 6.03 Å². The molecule has 0 saturated carbocycles. The first-order valence-electron chi connectivity index (χ1n) is 10.3. The second-order valence-electron chi connectivity index (χ2n) is 7.37. The number of rotatable bonds is 7. The highest BCUT2D eigenvalue weighted by molar-refractivity contribution is 9.10. The van der Waals surface area contributed by atoms with Gasteiger partial charge in [0.2, 0.25) is 5.91 Å². The molecule has 0 radical (unpaired) electrons. The Labute approximate surface area is 203 Å². The van der Waals surface area contributed by atoms with Crippen LogP contribution in [-0.2, 0) is 16.2 Å². The molecule has 1 saturated heterocycles. The minimum atomic E-state index is -0.734. The molecule has 3 aromatic carbocycles.